The predicted molar refractivity (Wildman–Crippen MR) is 93.6 cm³/mol. The highest BCUT2D eigenvalue weighted by Gasteiger charge is 2.31. The zero-order valence-corrected chi connectivity index (χ0v) is 14.0. The SMILES string of the molecule is O=C(c1cccc(-c2ccc(F)cc2)c1)N1CCC[C@](O)(CO)CC1. The van der Waals surface area contributed by atoms with Crippen LogP contribution in [-0.2, 0) is 0 Å². The molecule has 0 unspecified atom stereocenters. The number of rotatable bonds is 3. The Bertz CT molecular complexity index is 747. The lowest BCUT2D eigenvalue weighted by Crippen LogP contribution is -2.36. The summed E-state index contributed by atoms with van der Waals surface area (Å²) in [6, 6.07) is 13.4. The van der Waals surface area contributed by atoms with Gasteiger partial charge >= 0.3 is 0 Å². The van der Waals surface area contributed by atoms with Crippen molar-refractivity contribution in [3.05, 3.63) is 59.9 Å². The molecule has 2 N–H and O–H groups in total. The molecule has 4 nitrogen and oxygen atoms in total. The summed E-state index contributed by atoms with van der Waals surface area (Å²) in [6.45, 7) is 0.688. The first-order chi connectivity index (χ1) is 12.0. The van der Waals surface area contributed by atoms with Crippen LogP contribution in [-0.4, -0.2) is 46.3 Å². The minimum Gasteiger partial charge on any atom is -0.393 e. The maximum absolute atomic E-state index is 13.1. The molecule has 25 heavy (non-hydrogen) atoms. The average molecular weight is 343 g/mol. The van der Waals surface area contributed by atoms with E-state index in [0.717, 1.165) is 11.1 Å². The van der Waals surface area contributed by atoms with E-state index in [2.05, 4.69) is 0 Å². The summed E-state index contributed by atoms with van der Waals surface area (Å²) in [6.07, 6.45) is 1.51. The van der Waals surface area contributed by atoms with Gasteiger partial charge in [0, 0.05) is 18.7 Å². The third-order valence-electron chi connectivity index (χ3n) is 4.79. The van der Waals surface area contributed by atoms with E-state index in [1.807, 2.05) is 12.1 Å². The summed E-state index contributed by atoms with van der Waals surface area (Å²) in [5, 5.41) is 19.5. The minimum absolute atomic E-state index is 0.0915. The Morgan fingerprint density at radius 3 is 2.56 bits per heavy atom. The topological polar surface area (TPSA) is 60.8 Å². The molecule has 1 fully saturated rings. The number of aliphatic hydroxyl groups excluding tert-OH is 1. The van der Waals surface area contributed by atoms with Gasteiger partial charge in [-0.25, -0.2) is 4.39 Å². The largest absolute Gasteiger partial charge is 0.393 e. The quantitative estimate of drug-likeness (QED) is 0.901. The predicted octanol–water partition coefficient (Wildman–Crippen LogP) is 2.84. The number of halogens is 1. The molecule has 0 saturated carbocycles. The van der Waals surface area contributed by atoms with Crippen molar-refractivity contribution < 1.29 is 19.4 Å². The van der Waals surface area contributed by atoms with Gasteiger partial charge in [-0.15, -0.1) is 0 Å². The van der Waals surface area contributed by atoms with Crippen molar-refractivity contribution in [1.29, 1.82) is 0 Å². The zero-order chi connectivity index (χ0) is 17.9. The molecule has 5 heteroatoms. The highest BCUT2D eigenvalue weighted by molar-refractivity contribution is 5.95. The number of hydrogen-bond donors (Lipinski definition) is 2. The Kier molecular flexibility index (Phi) is 5.16. The van der Waals surface area contributed by atoms with Crippen LogP contribution in [0.4, 0.5) is 4.39 Å². The number of carbonyl (C=O) groups is 1. The highest BCUT2D eigenvalue weighted by Crippen LogP contribution is 2.25. The lowest BCUT2D eigenvalue weighted by molar-refractivity contribution is -0.0250. The number of likely N-dealkylation sites (tertiary alicyclic amines) is 1. The van der Waals surface area contributed by atoms with E-state index < -0.39 is 5.60 Å². The Hall–Kier alpha value is -2.24. The van der Waals surface area contributed by atoms with Gasteiger partial charge in [0.25, 0.3) is 5.91 Å². The molecule has 1 heterocycles. The van der Waals surface area contributed by atoms with Gasteiger partial charge in [0.1, 0.15) is 5.82 Å². The van der Waals surface area contributed by atoms with E-state index >= 15 is 0 Å². The molecular formula is C20H22FNO3. The van der Waals surface area contributed by atoms with Crippen molar-refractivity contribution in [2.45, 2.75) is 24.9 Å². The number of carbonyl (C=O) groups excluding carboxylic acids is 1. The van der Waals surface area contributed by atoms with E-state index in [0.29, 0.717) is 37.9 Å². The van der Waals surface area contributed by atoms with Crippen LogP contribution < -0.4 is 0 Å². The molecule has 0 bridgehead atoms. The maximum atomic E-state index is 13.1. The van der Waals surface area contributed by atoms with Crippen molar-refractivity contribution >= 4 is 5.91 Å². The van der Waals surface area contributed by atoms with Gasteiger partial charge in [-0.1, -0.05) is 24.3 Å². The van der Waals surface area contributed by atoms with Crippen molar-refractivity contribution in [2.75, 3.05) is 19.7 Å². The zero-order valence-electron chi connectivity index (χ0n) is 14.0. The number of aliphatic hydroxyl groups is 2. The summed E-state index contributed by atoms with van der Waals surface area (Å²) in [5.41, 5.74) is 1.18. The summed E-state index contributed by atoms with van der Waals surface area (Å²) < 4.78 is 13.1. The van der Waals surface area contributed by atoms with Crippen molar-refractivity contribution in [3.63, 3.8) is 0 Å². The molecule has 1 aliphatic rings. The lowest BCUT2D eigenvalue weighted by atomic mass is 9.96. The van der Waals surface area contributed by atoms with Crippen LogP contribution in [0.1, 0.15) is 29.6 Å². The van der Waals surface area contributed by atoms with Gasteiger partial charge in [0.05, 0.1) is 12.2 Å². The van der Waals surface area contributed by atoms with Gasteiger partial charge in [-0.3, -0.25) is 4.79 Å². The van der Waals surface area contributed by atoms with E-state index in [1.165, 1.54) is 12.1 Å². The van der Waals surface area contributed by atoms with E-state index in [-0.39, 0.29) is 18.3 Å². The Morgan fingerprint density at radius 1 is 1.08 bits per heavy atom. The molecule has 1 atom stereocenters. The van der Waals surface area contributed by atoms with Crippen LogP contribution in [0.3, 0.4) is 0 Å². The second-order valence-electron chi connectivity index (χ2n) is 6.62. The van der Waals surface area contributed by atoms with Crippen LogP contribution in [0.2, 0.25) is 0 Å². The fourth-order valence-electron chi connectivity index (χ4n) is 3.20. The number of amides is 1. The van der Waals surface area contributed by atoms with Gasteiger partial charge in [0.2, 0.25) is 0 Å². The fraction of sp³-hybridized carbons (Fsp3) is 0.350. The third-order valence-corrected chi connectivity index (χ3v) is 4.79. The third kappa shape index (κ3) is 4.06. The first kappa shape index (κ1) is 17.6. The van der Waals surface area contributed by atoms with Crippen molar-refractivity contribution in [1.82, 2.24) is 4.90 Å². The van der Waals surface area contributed by atoms with E-state index in [4.69, 9.17) is 0 Å². The molecular weight excluding hydrogens is 321 g/mol. The molecule has 1 amide bonds. The van der Waals surface area contributed by atoms with E-state index in [9.17, 15) is 19.4 Å². The first-order valence-electron chi connectivity index (χ1n) is 8.49. The molecule has 0 aliphatic carbocycles. The second-order valence-corrected chi connectivity index (χ2v) is 6.62. The molecule has 0 spiro atoms. The monoisotopic (exact) mass is 343 g/mol. The average Bonchev–Trinajstić information content (AvgIpc) is 2.84. The van der Waals surface area contributed by atoms with Crippen LogP contribution in [0.5, 0.6) is 0 Å². The number of benzene rings is 2. The standard InChI is InChI=1S/C20H22FNO3/c21-18-7-5-15(6-8-18)16-3-1-4-17(13-16)19(24)22-11-2-9-20(25,14-23)10-12-22/h1,3-8,13,23,25H,2,9-12,14H2/t20-/m1/s1. The molecule has 2 aromatic carbocycles. The molecule has 1 saturated heterocycles. The molecule has 2 aromatic rings. The summed E-state index contributed by atoms with van der Waals surface area (Å²) in [4.78, 5) is 14.5. The van der Waals surface area contributed by atoms with Gasteiger partial charge in [0.15, 0.2) is 0 Å². The van der Waals surface area contributed by atoms with Crippen LogP contribution in [0.15, 0.2) is 48.5 Å². The second kappa shape index (κ2) is 7.33. The fourth-order valence-corrected chi connectivity index (χ4v) is 3.20. The summed E-state index contributed by atoms with van der Waals surface area (Å²) in [5.74, 6) is -0.386. The lowest BCUT2D eigenvalue weighted by Gasteiger charge is -2.24. The molecule has 0 aromatic heterocycles. The van der Waals surface area contributed by atoms with Crippen LogP contribution in [0, 0.1) is 5.82 Å². The van der Waals surface area contributed by atoms with Crippen molar-refractivity contribution in [3.8, 4) is 11.1 Å². The van der Waals surface area contributed by atoms with Gasteiger partial charge < -0.3 is 15.1 Å². The van der Waals surface area contributed by atoms with Gasteiger partial charge in [-0.2, -0.15) is 0 Å². The summed E-state index contributed by atoms with van der Waals surface area (Å²) >= 11 is 0. The first-order valence-corrected chi connectivity index (χ1v) is 8.49. The Balaban J connectivity index is 1.78. The normalized spacial score (nSPS) is 21.0. The maximum Gasteiger partial charge on any atom is 0.253 e. The molecule has 0 radical (unpaired) electrons. The molecule has 1 aliphatic heterocycles. The smallest absolute Gasteiger partial charge is 0.253 e. The van der Waals surface area contributed by atoms with E-state index in [1.54, 1.807) is 29.2 Å². The highest BCUT2D eigenvalue weighted by atomic mass is 19.1. The summed E-state index contributed by atoms with van der Waals surface area (Å²) in [7, 11) is 0. The van der Waals surface area contributed by atoms with Gasteiger partial charge in [-0.05, 0) is 54.7 Å². The minimum atomic E-state index is -1.09. The number of hydrogen-bond acceptors (Lipinski definition) is 3. The number of nitrogens with zero attached hydrogens (tertiary/aromatic N) is 1. The van der Waals surface area contributed by atoms with Crippen molar-refractivity contribution in [2.24, 2.45) is 0 Å². The van der Waals surface area contributed by atoms with Crippen LogP contribution >= 0.6 is 0 Å². The Labute approximate surface area is 146 Å². The molecule has 132 valence electrons. The Morgan fingerprint density at radius 2 is 1.84 bits per heavy atom. The molecule has 3 rings (SSSR count). The van der Waals surface area contributed by atoms with Crippen LogP contribution in [0.25, 0.3) is 11.1 Å².